The second kappa shape index (κ2) is 8.41. The molecular formula is C25H23NO4. The van der Waals surface area contributed by atoms with E-state index in [1.54, 1.807) is 36.2 Å². The van der Waals surface area contributed by atoms with Crippen LogP contribution in [-0.2, 0) is 11.2 Å². The fourth-order valence-electron chi connectivity index (χ4n) is 3.42. The first-order valence-corrected chi connectivity index (χ1v) is 9.88. The molecule has 0 aromatic heterocycles. The van der Waals surface area contributed by atoms with E-state index >= 15 is 0 Å². The van der Waals surface area contributed by atoms with Gasteiger partial charge in [0.25, 0.3) is 5.91 Å². The molecule has 0 saturated heterocycles. The van der Waals surface area contributed by atoms with Crippen molar-refractivity contribution in [1.82, 2.24) is 0 Å². The van der Waals surface area contributed by atoms with E-state index < -0.39 is 0 Å². The molecule has 30 heavy (non-hydrogen) atoms. The number of nitrogens with zero attached hydrogens (tertiary/aromatic N) is 1. The van der Waals surface area contributed by atoms with Crippen LogP contribution in [0.15, 0.2) is 72.8 Å². The zero-order valence-electron chi connectivity index (χ0n) is 17.0. The second-order valence-electron chi connectivity index (χ2n) is 7.46. The molecule has 1 atom stereocenters. The van der Waals surface area contributed by atoms with Crippen molar-refractivity contribution in [3.8, 4) is 11.5 Å². The third kappa shape index (κ3) is 4.20. The number of amides is 1. The van der Waals surface area contributed by atoms with Gasteiger partial charge in [0.15, 0.2) is 0 Å². The molecule has 0 N–H and O–H groups in total. The van der Waals surface area contributed by atoms with E-state index in [1.165, 1.54) is 0 Å². The smallest absolute Gasteiger partial charge is 0.318 e. The van der Waals surface area contributed by atoms with Crippen molar-refractivity contribution in [2.45, 2.75) is 13.3 Å². The number of hydrogen-bond acceptors (Lipinski definition) is 4. The van der Waals surface area contributed by atoms with Crippen LogP contribution in [0.3, 0.4) is 0 Å². The van der Waals surface area contributed by atoms with Crippen molar-refractivity contribution in [3.63, 3.8) is 0 Å². The Kier molecular flexibility index (Phi) is 5.53. The summed E-state index contributed by atoms with van der Waals surface area (Å²) in [5.74, 6) is 0.510. The molecule has 152 valence electrons. The van der Waals surface area contributed by atoms with Crippen molar-refractivity contribution >= 4 is 17.6 Å². The molecule has 0 radical (unpaired) electrons. The van der Waals surface area contributed by atoms with Crippen molar-refractivity contribution in [3.05, 3.63) is 89.5 Å². The topological polar surface area (TPSA) is 55.8 Å². The number of anilines is 1. The van der Waals surface area contributed by atoms with Crippen LogP contribution < -0.4 is 14.4 Å². The van der Waals surface area contributed by atoms with Crippen molar-refractivity contribution < 1.29 is 19.1 Å². The van der Waals surface area contributed by atoms with Gasteiger partial charge in [-0.3, -0.25) is 9.59 Å². The Morgan fingerprint density at radius 2 is 1.67 bits per heavy atom. The fraction of sp³-hybridized carbons (Fsp3) is 0.200. The van der Waals surface area contributed by atoms with Crippen LogP contribution in [0.5, 0.6) is 11.5 Å². The van der Waals surface area contributed by atoms with Gasteiger partial charge in [-0.25, -0.2) is 0 Å². The monoisotopic (exact) mass is 401 g/mol. The molecule has 3 aromatic carbocycles. The normalized spacial score (nSPS) is 14.9. The zero-order valence-corrected chi connectivity index (χ0v) is 17.0. The van der Waals surface area contributed by atoms with Gasteiger partial charge in [0.05, 0.1) is 5.92 Å². The molecule has 1 unspecified atom stereocenters. The summed E-state index contributed by atoms with van der Waals surface area (Å²) in [6, 6.07) is 22.1. The van der Waals surface area contributed by atoms with Crippen LogP contribution >= 0.6 is 0 Å². The summed E-state index contributed by atoms with van der Waals surface area (Å²) in [6.07, 6.45) is 0.598. The molecule has 1 amide bonds. The maximum absolute atomic E-state index is 12.7. The van der Waals surface area contributed by atoms with E-state index in [0.717, 1.165) is 22.6 Å². The molecule has 0 bridgehead atoms. The van der Waals surface area contributed by atoms with E-state index in [4.69, 9.17) is 9.47 Å². The lowest BCUT2D eigenvalue weighted by Crippen LogP contribution is -2.31. The summed E-state index contributed by atoms with van der Waals surface area (Å²) in [6.45, 7) is 2.29. The Balaban J connectivity index is 1.39. The van der Waals surface area contributed by atoms with Crippen LogP contribution in [0.25, 0.3) is 0 Å². The molecule has 1 heterocycles. The molecule has 3 aromatic rings. The maximum Gasteiger partial charge on any atom is 0.318 e. The molecular weight excluding hydrogens is 378 g/mol. The van der Waals surface area contributed by atoms with Gasteiger partial charge < -0.3 is 14.4 Å². The van der Waals surface area contributed by atoms with Crippen molar-refractivity contribution in [1.29, 1.82) is 0 Å². The number of ether oxygens (including phenoxy) is 2. The van der Waals surface area contributed by atoms with Gasteiger partial charge in [-0.2, -0.15) is 0 Å². The predicted octanol–water partition coefficient (Wildman–Crippen LogP) is 4.43. The second-order valence-corrected chi connectivity index (χ2v) is 7.46. The first kappa shape index (κ1) is 19.7. The summed E-state index contributed by atoms with van der Waals surface area (Å²) in [4.78, 5) is 26.8. The van der Waals surface area contributed by atoms with Gasteiger partial charge in [0.2, 0.25) is 0 Å². The summed E-state index contributed by atoms with van der Waals surface area (Å²) >= 11 is 0. The van der Waals surface area contributed by atoms with E-state index in [-0.39, 0.29) is 17.8 Å². The zero-order chi connectivity index (χ0) is 21.1. The Hall–Kier alpha value is -3.60. The van der Waals surface area contributed by atoms with Crippen molar-refractivity contribution in [2.75, 3.05) is 18.6 Å². The minimum atomic E-state index is -0.342. The summed E-state index contributed by atoms with van der Waals surface area (Å²) in [5, 5.41) is 0. The van der Waals surface area contributed by atoms with Crippen LogP contribution in [0.1, 0.15) is 21.5 Å². The van der Waals surface area contributed by atoms with Gasteiger partial charge in [0, 0.05) is 18.3 Å². The molecule has 0 aliphatic carbocycles. The SMILES string of the molecule is Cc1ccc(C(=O)N(C)c2ccc(OC(=O)C3COc4ccccc4C3)cc2)cc1. The lowest BCUT2D eigenvalue weighted by molar-refractivity contribution is -0.140. The third-order valence-electron chi connectivity index (χ3n) is 5.26. The standard InChI is InChI=1S/C25H23NO4/c1-17-7-9-18(10-8-17)24(27)26(2)21-11-13-22(14-12-21)30-25(28)20-15-19-5-3-4-6-23(19)29-16-20/h3-14,20H,15-16H2,1-2H3. The van der Waals surface area contributed by atoms with Gasteiger partial charge in [-0.15, -0.1) is 0 Å². The number of benzene rings is 3. The first-order chi connectivity index (χ1) is 14.5. The van der Waals surface area contributed by atoms with Gasteiger partial charge >= 0.3 is 5.97 Å². The van der Waals surface area contributed by atoms with E-state index in [0.29, 0.717) is 24.3 Å². The number of para-hydroxylation sites is 1. The number of fused-ring (bicyclic) bond motifs is 1. The quantitative estimate of drug-likeness (QED) is 0.479. The molecule has 0 fully saturated rings. The van der Waals surface area contributed by atoms with Crippen LogP contribution in [-0.4, -0.2) is 25.5 Å². The van der Waals surface area contributed by atoms with E-state index in [9.17, 15) is 9.59 Å². The number of aryl methyl sites for hydroxylation is 1. The van der Waals surface area contributed by atoms with E-state index in [2.05, 4.69) is 0 Å². The van der Waals surface area contributed by atoms with Gasteiger partial charge in [-0.05, 0) is 61.4 Å². The number of rotatable bonds is 4. The number of hydrogen-bond donors (Lipinski definition) is 0. The predicted molar refractivity (Wildman–Crippen MR) is 115 cm³/mol. The maximum atomic E-state index is 12.7. The Morgan fingerprint density at radius 3 is 2.40 bits per heavy atom. The molecule has 0 saturated carbocycles. The highest BCUT2D eigenvalue weighted by Gasteiger charge is 2.27. The largest absolute Gasteiger partial charge is 0.492 e. The van der Waals surface area contributed by atoms with Crippen molar-refractivity contribution in [2.24, 2.45) is 5.92 Å². The lowest BCUT2D eigenvalue weighted by atomic mass is 9.97. The summed E-state index contributed by atoms with van der Waals surface area (Å²) in [7, 11) is 1.72. The third-order valence-corrected chi connectivity index (χ3v) is 5.26. The average molecular weight is 401 g/mol. The molecule has 5 nitrogen and oxygen atoms in total. The van der Waals surface area contributed by atoms with Crippen LogP contribution in [0, 0.1) is 12.8 Å². The highest BCUT2D eigenvalue weighted by molar-refractivity contribution is 6.05. The lowest BCUT2D eigenvalue weighted by Gasteiger charge is -2.24. The van der Waals surface area contributed by atoms with E-state index in [1.807, 2.05) is 55.5 Å². The number of carbonyl (C=O) groups is 2. The minimum absolute atomic E-state index is 0.0993. The average Bonchev–Trinajstić information content (AvgIpc) is 2.79. The Bertz CT molecular complexity index is 1060. The van der Waals surface area contributed by atoms with Gasteiger partial charge in [-0.1, -0.05) is 35.9 Å². The first-order valence-electron chi connectivity index (χ1n) is 9.88. The van der Waals surface area contributed by atoms with Crippen LogP contribution in [0.4, 0.5) is 5.69 Å². The number of esters is 1. The fourth-order valence-corrected chi connectivity index (χ4v) is 3.42. The molecule has 5 heteroatoms. The molecule has 1 aliphatic rings. The molecule has 0 spiro atoms. The molecule has 4 rings (SSSR count). The highest BCUT2D eigenvalue weighted by Crippen LogP contribution is 2.28. The van der Waals surface area contributed by atoms with Crippen LogP contribution in [0.2, 0.25) is 0 Å². The van der Waals surface area contributed by atoms with Gasteiger partial charge in [0.1, 0.15) is 18.1 Å². The summed E-state index contributed by atoms with van der Waals surface area (Å²) < 4.78 is 11.2. The minimum Gasteiger partial charge on any atom is -0.492 e. The number of carbonyl (C=O) groups excluding carboxylic acids is 2. The molecule has 1 aliphatic heterocycles. The highest BCUT2D eigenvalue weighted by atomic mass is 16.5. The summed E-state index contributed by atoms with van der Waals surface area (Å²) in [5.41, 5.74) is 3.45. The Morgan fingerprint density at radius 1 is 0.967 bits per heavy atom. The Labute approximate surface area is 175 Å².